The average Bonchev–Trinajstić information content (AvgIpc) is 2.63. The number of hydrogen-bond donors (Lipinski definition) is 1. The Morgan fingerprint density at radius 1 is 0.926 bits per heavy atom. The minimum atomic E-state index is -4.60. The molecule has 0 fully saturated rings. The Labute approximate surface area is 163 Å². The molecule has 0 aliphatic carbocycles. The first-order chi connectivity index (χ1) is 12.7. The minimum Gasteiger partial charge on any atom is -0.329 e. The summed E-state index contributed by atoms with van der Waals surface area (Å²) in [5, 5.41) is 3.89. The number of hydrogen-bond acceptors (Lipinski definition) is 4. The Morgan fingerprint density at radius 2 is 1.48 bits per heavy atom. The third kappa shape index (κ3) is 4.61. The van der Waals surface area contributed by atoms with E-state index in [1.54, 1.807) is 48.5 Å². The van der Waals surface area contributed by atoms with Crippen molar-refractivity contribution in [3.05, 3.63) is 70.3 Å². The molecule has 3 rings (SSSR count). The van der Waals surface area contributed by atoms with Crippen LogP contribution in [0.15, 0.2) is 54.7 Å². The van der Waals surface area contributed by atoms with E-state index < -0.39 is 11.7 Å². The van der Waals surface area contributed by atoms with Crippen LogP contribution in [0, 0.1) is 0 Å². The van der Waals surface area contributed by atoms with Gasteiger partial charge in [0, 0.05) is 34.7 Å². The minimum absolute atomic E-state index is 0.0288. The van der Waals surface area contributed by atoms with Crippen molar-refractivity contribution in [3.63, 3.8) is 0 Å². The van der Waals surface area contributed by atoms with E-state index in [0.29, 0.717) is 21.4 Å². The summed E-state index contributed by atoms with van der Waals surface area (Å²) in [7, 11) is 1.49. The number of nitrogens with one attached hydrogen (secondary N) is 1. The second kappa shape index (κ2) is 7.62. The quantitative estimate of drug-likeness (QED) is 0.544. The van der Waals surface area contributed by atoms with Crippen LogP contribution in [0.1, 0.15) is 5.56 Å². The summed E-state index contributed by atoms with van der Waals surface area (Å²) < 4.78 is 40.3. The zero-order chi connectivity index (χ0) is 19.6. The van der Waals surface area contributed by atoms with Gasteiger partial charge in [0.25, 0.3) is 0 Å². The van der Waals surface area contributed by atoms with Crippen molar-refractivity contribution in [2.75, 3.05) is 17.3 Å². The first-order valence-corrected chi connectivity index (χ1v) is 8.46. The molecule has 2 aromatic carbocycles. The molecule has 27 heavy (non-hydrogen) atoms. The molecular formula is C18H13Cl2F3N4. The van der Waals surface area contributed by atoms with Crippen LogP contribution in [0.4, 0.5) is 36.3 Å². The predicted molar refractivity (Wildman–Crippen MR) is 101 cm³/mol. The maximum Gasteiger partial charge on any atom is 0.421 e. The molecule has 1 aromatic heterocycles. The van der Waals surface area contributed by atoms with Crippen molar-refractivity contribution >= 4 is 46.3 Å². The van der Waals surface area contributed by atoms with E-state index in [-0.39, 0.29) is 11.8 Å². The van der Waals surface area contributed by atoms with Gasteiger partial charge in [-0.05, 0) is 48.5 Å². The van der Waals surface area contributed by atoms with Gasteiger partial charge >= 0.3 is 6.18 Å². The number of halogens is 5. The lowest BCUT2D eigenvalue weighted by molar-refractivity contribution is -0.137. The lowest BCUT2D eigenvalue weighted by Gasteiger charge is -2.23. The fraction of sp³-hybridized carbons (Fsp3) is 0.111. The van der Waals surface area contributed by atoms with Crippen LogP contribution in [0.3, 0.4) is 0 Å². The Hall–Kier alpha value is -2.51. The van der Waals surface area contributed by atoms with E-state index in [2.05, 4.69) is 15.3 Å². The number of rotatable bonds is 4. The molecule has 0 unspecified atom stereocenters. The summed E-state index contributed by atoms with van der Waals surface area (Å²) in [5.41, 5.74) is 0.155. The summed E-state index contributed by atoms with van der Waals surface area (Å²) in [5.74, 6) is -0.252. The summed E-state index contributed by atoms with van der Waals surface area (Å²) >= 11 is 11.7. The first kappa shape index (κ1) is 19.3. The Kier molecular flexibility index (Phi) is 5.43. The van der Waals surface area contributed by atoms with E-state index in [0.717, 1.165) is 6.20 Å². The third-order valence-electron chi connectivity index (χ3n) is 3.71. The molecular weight excluding hydrogens is 400 g/mol. The first-order valence-electron chi connectivity index (χ1n) is 7.70. The predicted octanol–water partition coefficient (Wildman–Crippen LogP) is 6.31. The van der Waals surface area contributed by atoms with E-state index in [4.69, 9.17) is 23.2 Å². The van der Waals surface area contributed by atoms with Gasteiger partial charge in [0.1, 0.15) is 5.56 Å². The standard InChI is InChI=1S/C18H13Cl2F3N4/c1-27(14-8-4-12(20)5-9-14)16-15(18(21,22)23)10-24-17(26-16)25-13-6-2-11(19)3-7-13/h2-10H,1H3,(H,24,25,26). The molecule has 0 aliphatic heterocycles. The lowest BCUT2D eigenvalue weighted by atomic mass is 10.2. The molecule has 3 aromatic rings. The van der Waals surface area contributed by atoms with Gasteiger partial charge in [-0.3, -0.25) is 0 Å². The van der Waals surface area contributed by atoms with E-state index >= 15 is 0 Å². The van der Waals surface area contributed by atoms with Crippen molar-refractivity contribution in [2.24, 2.45) is 0 Å². The van der Waals surface area contributed by atoms with Crippen molar-refractivity contribution < 1.29 is 13.2 Å². The Bertz CT molecular complexity index is 929. The van der Waals surface area contributed by atoms with Crippen LogP contribution >= 0.6 is 23.2 Å². The molecule has 140 valence electrons. The van der Waals surface area contributed by atoms with Gasteiger partial charge in [-0.2, -0.15) is 18.2 Å². The number of nitrogens with zero attached hydrogens (tertiary/aromatic N) is 3. The fourth-order valence-electron chi connectivity index (χ4n) is 2.34. The summed E-state index contributed by atoms with van der Waals surface area (Å²) in [6.07, 6.45) is -3.85. The average molecular weight is 413 g/mol. The fourth-order valence-corrected chi connectivity index (χ4v) is 2.59. The molecule has 1 N–H and O–H groups in total. The second-order valence-electron chi connectivity index (χ2n) is 5.60. The van der Waals surface area contributed by atoms with Crippen molar-refractivity contribution in [1.29, 1.82) is 0 Å². The molecule has 0 bridgehead atoms. The Balaban J connectivity index is 2.00. The maximum atomic E-state index is 13.4. The van der Waals surface area contributed by atoms with Crippen LogP contribution in [0.5, 0.6) is 0 Å². The number of benzene rings is 2. The van der Waals surface area contributed by atoms with Gasteiger partial charge in [-0.15, -0.1) is 0 Å². The van der Waals surface area contributed by atoms with Gasteiger partial charge < -0.3 is 10.2 Å². The molecule has 0 saturated heterocycles. The van der Waals surface area contributed by atoms with Gasteiger partial charge in [-0.1, -0.05) is 23.2 Å². The Morgan fingerprint density at radius 3 is 2.04 bits per heavy atom. The second-order valence-corrected chi connectivity index (χ2v) is 6.47. The number of anilines is 4. The molecule has 9 heteroatoms. The molecule has 0 spiro atoms. The van der Waals surface area contributed by atoms with Gasteiger partial charge in [0.05, 0.1) is 0 Å². The molecule has 0 amide bonds. The van der Waals surface area contributed by atoms with E-state index in [1.807, 2.05) is 0 Å². The summed E-state index contributed by atoms with van der Waals surface area (Å²) in [6.45, 7) is 0. The molecule has 0 radical (unpaired) electrons. The topological polar surface area (TPSA) is 41.1 Å². The zero-order valence-corrected chi connectivity index (χ0v) is 15.4. The van der Waals surface area contributed by atoms with E-state index in [1.165, 1.54) is 11.9 Å². The summed E-state index contributed by atoms with van der Waals surface area (Å²) in [6, 6.07) is 13.0. The summed E-state index contributed by atoms with van der Waals surface area (Å²) in [4.78, 5) is 9.19. The van der Waals surface area contributed by atoms with Crippen LogP contribution in [0.2, 0.25) is 10.0 Å². The molecule has 4 nitrogen and oxygen atoms in total. The van der Waals surface area contributed by atoms with Gasteiger partial charge in [0.15, 0.2) is 5.82 Å². The van der Waals surface area contributed by atoms with Crippen molar-refractivity contribution in [3.8, 4) is 0 Å². The van der Waals surface area contributed by atoms with Crippen LogP contribution in [-0.2, 0) is 6.18 Å². The maximum absolute atomic E-state index is 13.4. The molecule has 0 saturated carbocycles. The number of alkyl halides is 3. The van der Waals surface area contributed by atoms with Crippen molar-refractivity contribution in [1.82, 2.24) is 9.97 Å². The largest absolute Gasteiger partial charge is 0.421 e. The normalized spacial score (nSPS) is 11.3. The molecule has 0 aliphatic rings. The highest BCUT2D eigenvalue weighted by molar-refractivity contribution is 6.30. The van der Waals surface area contributed by atoms with Crippen molar-refractivity contribution in [2.45, 2.75) is 6.18 Å². The molecule has 1 heterocycles. The van der Waals surface area contributed by atoms with Crippen LogP contribution in [0.25, 0.3) is 0 Å². The monoisotopic (exact) mass is 412 g/mol. The van der Waals surface area contributed by atoms with E-state index in [9.17, 15) is 13.2 Å². The lowest BCUT2D eigenvalue weighted by Crippen LogP contribution is -2.19. The van der Waals surface area contributed by atoms with Gasteiger partial charge in [0.2, 0.25) is 5.95 Å². The zero-order valence-electron chi connectivity index (χ0n) is 13.9. The smallest absolute Gasteiger partial charge is 0.329 e. The molecule has 0 atom stereocenters. The third-order valence-corrected chi connectivity index (χ3v) is 4.21. The van der Waals surface area contributed by atoms with Crippen LogP contribution in [-0.4, -0.2) is 17.0 Å². The highest BCUT2D eigenvalue weighted by atomic mass is 35.5. The van der Waals surface area contributed by atoms with Gasteiger partial charge in [-0.25, -0.2) is 4.98 Å². The highest BCUT2D eigenvalue weighted by Gasteiger charge is 2.36. The number of aromatic nitrogens is 2. The van der Waals surface area contributed by atoms with Crippen LogP contribution < -0.4 is 10.2 Å². The SMILES string of the molecule is CN(c1ccc(Cl)cc1)c1nc(Nc2ccc(Cl)cc2)ncc1C(F)(F)F. The highest BCUT2D eigenvalue weighted by Crippen LogP contribution is 2.37.